The zero-order valence-corrected chi connectivity index (χ0v) is 20.1. The van der Waals surface area contributed by atoms with E-state index in [4.69, 9.17) is 0 Å². The maximum atomic E-state index is 13.9. The molecule has 37 heavy (non-hydrogen) atoms. The van der Waals surface area contributed by atoms with Crippen molar-refractivity contribution in [3.63, 3.8) is 0 Å². The normalized spacial score (nSPS) is 11.4. The number of hydrogen-bond acceptors (Lipinski definition) is 1. The average Bonchev–Trinajstić information content (AvgIpc) is 3.31. The van der Waals surface area contributed by atoms with E-state index in [0.717, 1.165) is 38.6 Å². The van der Waals surface area contributed by atoms with Crippen LogP contribution >= 0.6 is 0 Å². The molecular formula is C35H23NO. The van der Waals surface area contributed by atoms with E-state index in [2.05, 4.69) is 95.6 Å². The molecule has 2 heteroatoms. The maximum Gasteiger partial charge on any atom is 0.193 e. The van der Waals surface area contributed by atoms with E-state index in [0.29, 0.717) is 11.1 Å². The summed E-state index contributed by atoms with van der Waals surface area (Å²) in [7, 11) is 0. The van der Waals surface area contributed by atoms with Crippen LogP contribution in [0.25, 0.3) is 49.4 Å². The number of fused-ring (bicyclic) bond motifs is 4. The number of rotatable bonds is 4. The molecule has 0 spiro atoms. The number of carbonyl (C=O) groups excluding carboxylic acids is 1. The standard InChI is InChI=1S/C35H23NO/c37-35(26-14-8-13-25(23-26)24-11-2-1-3-12-24)31-19-9-18-28-27(31)17-10-22-34(28)36-32-20-6-4-15-29(32)30-16-5-7-21-33(30)36/h1-23H. The molecule has 0 radical (unpaired) electrons. The minimum absolute atomic E-state index is 0.0303. The van der Waals surface area contributed by atoms with E-state index in [-0.39, 0.29) is 5.78 Å². The van der Waals surface area contributed by atoms with Crippen molar-refractivity contribution in [2.24, 2.45) is 0 Å². The van der Waals surface area contributed by atoms with E-state index >= 15 is 0 Å². The molecule has 7 rings (SSSR count). The number of carbonyl (C=O) groups is 1. The van der Waals surface area contributed by atoms with Gasteiger partial charge >= 0.3 is 0 Å². The third kappa shape index (κ3) is 3.46. The molecule has 0 aliphatic rings. The van der Waals surface area contributed by atoms with E-state index < -0.39 is 0 Å². The minimum Gasteiger partial charge on any atom is -0.309 e. The predicted octanol–water partition coefficient (Wildman–Crippen LogP) is 8.83. The number of benzene rings is 6. The molecule has 174 valence electrons. The first-order chi connectivity index (χ1) is 18.3. The Kier molecular flexibility index (Phi) is 4.97. The molecular weight excluding hydrogens is 450 g/mol. The summed E-state index contributed by atoms with van der Waals surface area (Å²) in [6.45, 7) is 0. The summed E-state index contributed by atoms with van der Waals surface area (Å²) in [5.74, 6) is 0.0303. The van der Waals surface area contributed by atoms with Crippen molar-refractivity contribution in [2.75, 3.05) is 0 Å². The van der Waals surface area contributed by atoms with Gasteiger partial charge in [-0.15, -0.1) is 0 Å². The van der Waals surface area contributed by atoms with Crippen molar-refractivity contribution in [3.8, 4) is 16.8 Å². The summed E-state index contributed by atoms with van der Waals surface area (Å²) in [5, 5.41) is 4.45. The van der Waals surface area contributed by atoms with Crippen LogP contribution in [0, 0.1) is 0 Å². The zero-order chi connectivity index (χ0) is 24.8. The Labute approximate surface area is 215 Å². The Morgan fingerprint density at radius 2 is 1.03 bits per heavy atom. The maximum absolute atomic E-state index is 13.9. The van der Waals surface area contributed by atoms with Crippen molar-refractivity contribution in [2.45, 2.75) is 0 Å². The van der Waals surface area contributed by atoms with Crippen LogP contribution in [0.5, 0.6) is 0 Å². The minimum atomic E-state index is 0.0303. The van der Waals surface area contributed by atoms with Crippen LogP contribution in [-0.4, -0.2) is 10.4 Å². The predicted molar refractivity (Wildman–Crippen MR) is 154 cm³/mol. The molecule has 0 bridgehead atoms. The van der Waals surface area contributed by atoms with Gasteiger partial charge in [-0.25, -0.2) is 0 Å². The second kappa shape index (κ2) is 8.61. The number of aromatic nitrogens is 1. The highest BCUT2D eigenvalue weighted by molar-refractivity contribution is 6.18. The summed E-state index contributed by atoms with van der Waals surface area (Å²) in [6, 6.07) is 47.4. The van der Waals surface area contributed by atoms with Crippen molar-refractivity contribution in [1.29, 1.82) is 0 Å². The monoisotopic (exact) mass is 473 g/mol. The van der Waals surface area contributed by atoms with Gasteiger partial charge in [-0.05, 0) is 40.8 Å². The lowest BCUT2D eigenvalue weighted by Gasteiger charge is -2.14. The Hall–Kier alpha value is -4.95. The van der Waals surface area contributed by atoms with Crippen LogP contribution in [0.4, 0.5) is 0 Å². The van der Waals surface area contributed by atoms with Crippen LogP contribution in [0.3, 0.4) is 0 Å². The van der Waals surface area contributed by atoms with Crippen LogP contribution < -0.4 is 0 Å². The summed E-state index contributed by atoms with van der Waals surface area (Å²) in [5.41, 5.74) is 6.93. The van der Waals surface area contributed by atoms with Crippen molar-refractivity contribution >= 4 is 38.4 Å². The second-order valence-corrected chi connectivity index (χ2v) is 9.32. The van der Waals surface area contributed by atoms with Gasteiger partial charge in [-0.1, -0.05) is 115 Å². The Balaban J connectivity index is 1.42. The molecule has 0 amide bonds. The topological polar surface area (TPSA) is 22.0 Å². The molecule has 0 aliphatic heterocycles. The molecule has 0 aliphatic carbocycles. The summed E-state index contributed by atoms with van der Waals surface area (Å²) in [4.78, 5) is 13.9. The van der Waals surface area contributed by atoms with E-state index in [1.54, 1.807) is 0 Å². The van der Waals surface area contributed by atoms with Gasteiger partial charge in [0.2, 0.25) is 0 Å². The van der Waals surface area contributed by atoms with Gasteiger partial charge in [0, 0.05) is 27.3 Å². The molecule has 0 unspecified atom stereocenters. The van der Waals surface area contributed by atoms with E-state index in [1.807, 2.05) is 48.5 Å². The number of para-hydroxylation sites is 2. The SMILES string of the molecule is O=C(c1cccc(-c2ccccc2)c1)c1cccc2c(-n3c4ccccc4c4ccccc43)cccc12. The largest absolute Gasteiger partial charge is 0.309 e. The van der Waals surface area contributed by atoms with Gasteiger partial charge in [-0.3, -0.25) is 4.79 Å². The smallest absolute Gasteiger partial charge is 0.193 e. The Morgan fingerprint density at radius 1 is 0.459 bits per heavy atom. The summed E-state index contributed by atoms with van der Waals surface area (Å²) in [6.07, 6.45) is 0. The highest BCUT2D eigenvalue weighted by atomic mass is 16.1. The van der Waals surface area contributed by atoms with Crippen LogP contribution in [0.15, 0.2) is 140 Å². The second-order valence-electron chi connectivity index (χ2n) is 9.32. The highest BCUT2D eigenvalue weighted by Gasteiger charge is 2.17. The van der Waals surface area contributed by atoms with E-state index in [1.165, 1.54) is 10.8 Å². The highest BCUT2D eigenvalue weighted by Crippen LogP contribution is 2.35. The van der Waals surface area contributed by atoms with Gasteiger partial charge in [0.25, 0.3) is 0 Å². The Bertz CT molecular complexity index is 1890. The van der Waals surface area contributed by atoms with Crippen molar-refractivity contribution in [3.05, 3.63) is 151 Å². The quantitative estimate of drug-likeness (QED) is 0.234. The molecule has 7 aromatic rings. The molecule has 6 aromatic carbocycles. The molecule has 0 N–H and O–H groups in total. The molecule has 0 atom stereocenters. The Morgan fingerprint density at radius 3 is 1.78 bits per heavy atom. The average molecular weight is 474 g/mol. The lowest BCUT2D eigenvalue weighted by Crippen LogP contribution is -2.03. The summed E-state index contributed by atoms with van der Waals surface area (Å²) < 4.78 is 2.32. The van der Waals surface area contributed by atoms with Crippen LogP contribution in [0.2, 0.25) is 0 Å². The first-order valence-corrected chi connectivity index (χ1v) is 12.5. The number of hydrogen-bond donors (Lipinski definition) is 0. The number of ketones is 1. The van der Waals surface area contributed by atoms with Crippen molar-refractivity contribution in [1.82, 2.24) is 4.57 Å². The fourth-order valence-electron chi connectivity index (χ4n) is 5.49. The van der Waals surface area contributed by atoms with Crippen molar-refractivity contribution < 1.29 is 4.79 Å². The molecule has 0 saturated heterocycles. The summed E-state index contributed by atoms with van der Waals surface area (Å²) >= 11 is 0. The first kappa shape index (κ1) is 21.3. The lowest BCUT2D eigenvalue weighted by atomic mass is 9.94. The molecule has 2 nitrogen and oxygen atoms in total. The molecule has 1 aromatic heterocycles. The molecule has 1 heterocycles. The number of nitrogens with zero attached hydrogens (tertiary/aromatic N) is 1. The third-order valence-electron chi connectivity index (χ3n) is 7.20. The third-order valence-corrected chi connectivity index (χ3v) is 7.20. The van der Waals surface area contributed by atoms with Crippen LogP contribution in [-0.2, 0) is 0 Å². The van der Waals surface area contributed by atoms with Gasteiger partial charge < -0.3 is 4.57 Å². The first-order valence-electron chi connectivity index (χ1n) is 12.5. The van der Waals surface area contributed by atoms with Gasteiger partial charge in [0.15, 0.2) is 5.78 Å². The van der Waals surface area contributed by atoms with Gasteiger partial charge in [0.1, 0.15) is 0 Å². The zero-order valence-electron chi connectivity index (χ0n) is 20.1. The molecule has 0 saturated carbocycles. The van der Waals surface area contributed by atoms with Gasteiger partial charge in [0.05, 0.1) is 16.7 Å². The fraction of sp³-hybridized carbons (Fsp3) is 0. The van der Waals surface area contributed by atoms with E-state index in [9.17, 15) is 4.79 Å². The van der Waals surface area contributed by atoms with Crippen LogP contribution in [0.1, 0.15) is 15.9 Å². The van der Waals surface area contributed by atoms with Gasteiger partial charge in [-0.2, -0.15) is 0 Å². The lowest BCUT2D eigenvalue weighted by molar-refractivity contribution is 0.104. The molecule has 0 fully saturated rings. The fourth-order valence-corrected chi connectivity index (χ4v) is 5.49.